The van der Waals surface area contributed by atoms with Crippen LogP contribution in [-0.2, 0) is 36.7 Å². The van der Waals surface area contributed by atoms with Crippen LogP contribution in [0.15, 0.2) is 21.9 Å². The molecule has 0 bridgehead atoms. The third-order valence-electron chi connectivity index (χ3n) is 4.95. The predicted octanol–water partition coefficient (Wildman–Crippen LogP) is -0.370. The summed E-state index contributed by atoms with van der Waals surface area (Å²) in [6.07, 6.45) is -2.96. The Kier molecular flexibility index (Phi) is 12.6. The Balaban J connectivity index is 2.22. The first-order valence-corrected chi connectivity index (χ1v) is 14.0. The number of hydrogen-bond acceptors (Lipinski definition) is 12. The number of unbranched alkanes of at least 4 members (excludes halogenated alkanes) is 2. The molecule has 0 radical (unpaired) electrons. The second-order valence-electron chi connectivity index (χ2n) is 7.61. The summed E-state index contributed by atoms with van der Waals surface area (Å²) in [7, 11) is -8.10. The second-order valence-corrected chi connectivity index (χ2v) is 10.5. The maximum absolute atomic E-state index is 12.5. The average molecular weight is 562 g/mol. The van der Waals surface area contributed by atoms with Gasteiger partial charge in [-0.25, -0.2) is 13.9 Å². The Labute approximate surface area is 205 Å². The molecule has 0 spiro atoms. The van der Waals surface area contributed by atoms with Crippen molar-refractivity contribution in [3.63, 3.8) is 0 Å². The van der Waals surface area contributed by atoms with Crippen LogP contribution in [0.3, 0.4) is 0 Å². The Morgan fingerprint density at radius 2 is 1.58 bits per heavy atom. The molecule has 0 saturated carbocycles. The Bertz CT molecular complexity index is 1020. The third-order valence-corrected chi connectivity index (χ3v) is 6.96. The predicted molar refractivity (Wildman–Crippen MR) is 121 cm³/mol. The van der Waals surface area contributed by atoms with Gasteiger partial charge in [0.05, 0.1) is 19.8 Å². The lowest BCUT2D eigenvalue weighted by atomic mass is 10.1. The van der Waals surface area contributed by atoms with E-state index in [0.717, 1.165) is 16.8 Å². The minimum absolute atomic E-state index is 0.123. The molecule has 1 aliphatic rings. The molecule has 1 fully saturated rings. The molecule has 1 aromatic rings. The summed E-state index contributed by atoms with van der Waals surface area (Å²) in [4.78, 5) is 45.9. The first-order valence-electron chi connectivity index (χ1n) is 11.0. The van der Waals surface area contributed by atoms with E-state index in [1.165, 1.54) is 7.11 Å². The summed E-state index contributed by atoms with van der Waals surface area (Å²) >= 11 is 0. The summed E-state index contributed by atoms with van der Waals surface area (Å²) in [6, 6.07) is 1.04. The van der Waals surface area contributed by atoms with Crippen molar-refractivity contribution in [3.05, 3.63) is 33.1 Å². The van der Waals surface area contributed by atoms with E-state index >= 15 is 0 Å². The maximum atomic E-state index is 12.5. The van der Waals surface area contributed by atoms with Gasteiger partial charge in [-0.2, -0.15) is 0 Å². The molecule has 1 aliphatic heterocycles. The van der Waals surface area contributed by atoms with Crippen LogP contribution in [-0.4, -0.2) is 88.0 Å². The number of ether oxygens (including phenoxy) is 2. The van der Waals surface area contributed by atoms with Crippen LogP contribution >= 0.6 is 15.6 Å². The fourth-order valence-corrected chi connectivity index (χ4v) is 5.00. The molecule has 36 heavy (non-hydrogen) atoms. The van der Waals surface area contributed by atoms with E-state index in [1.807, 2.05) is 4.98 Å². The zero-order valence-electron chi connectivity index (χ0n) is 19.5. The molecule has 16 nitrogen and oxygen atoms in total. The normalized spacial score (nSPS) is 25.5. The first kappa shape index (κ1) is 31.0. The van der Waals surface area contributed by atoms with E-state index in [-0.39, 0.29) is 32.8 Å². The van der Waals surface area contributed by atoms with Gasteiger partial charge in [0.25, 0.3) is 5.56 Å². The average Bonchev–Trinajstić information content (AvgIpc) is 3.14. The van der Waals surface area contributed by atoms with E-state index in [4.69, 9.17) is 37.8 Å². The fourth-order valence-electron chi connectivity index (χ4n) is 3.25. The highest BCUT2D eigenvalue weighted by molar-refractivity contribution is 7.47. The second kappa shape index (κ2) is 14.6. The highest BCUT2D eigenvalue weighted by Crippen LogP contribution is 2.50. The molecule has 2 rings (SSSR count). The lowest BCUT2D eigenvalue weighted by molar-refractivity contribution is -0.0626. The van der Waals surface area contributed by atoms with Crippen molar-refractivity contribution in [2.45, 2.75) is 50.2 Å². The summed E-state index contributed by atoms with van der Waals surface area (Å²) in [5, 5.41) is 17.6. The molecule has 5 N–H and O–H groups in total. The zero-order valence-corrected chi connectivity index (χ0v) is 21.3. The van der Waals surface area contributed by atoms with Gasteiger partial charge in [-0.05, 0) is 25.7 Å². The minimum atomic E-state index is -4.73. The van der Waals surface area contributed by atoms with Gasteiger partial charge in [-0.15, -0.1) is 0 Å². The van der Waals surface area contributed by atoms with Crippen molar-refractivity contribution < 1.29 is 56.7 Å². The van der Waals surface area contributed by atoms with Crippen molar-refractivity contribution in [3.8, 4) is 0 Å². The van der Waals surface area contributed by atoms with Gasteiger partial charge < -0.3 is 29.5 Å². The van der Waals surface area contributed by atoms with Gasteiger partial charge in [0.1, 0.15) is 18.3 Å². The maximum Gasteiger partial charge on any atom is 0.472 e. The van der Waals surface area contributed by atoms with Gasteiger partial charge in [0, 0.05) is 32.6 Å². The smallest absolute Gasteiger partial charge is 0.396 e. The lowest BCUT2D eigenvalue weighted by Crippen LogP contribution is -2.40. The van der Waals surface area contributed by atoms with Gasteiger partial charge >= 0.3 is 21.3 Å². The molecule has 18 heteroatoms. The van der Waals surface area contributed by atoms with Gasteiger partial charge in [-0.3, -0.25) is 32.4 Å². The fraction of sp³-hybridized carbons (Fsp3) is 0.778. The number of aromatic amines is 1. The van der Waals surface area contributed by atoms with Crippen molar-refractivity contribution in [1.82, 2.24) is 9.55 Å². The standard InChI is InChI=1S/C18H32N2O14P2/c1-29-16-15(34-36(27,28)31-11-5-3-9-22)13(12-32-35(25,26)30-10-4-2-8-21)33-17(16)20-7-6-14(23)19-18(20)24/h6-7,13,15-17,21-22H,2-5,8-12H2,1H3,(H,25,26)(H,27,28)(H,19,23,24)/t13-,15?,16+,17-/m1/s1. The highest BCUT2D eigenvalue weighted by Gasteiger charge is 2.51. The van der Waals surface area contributed by atoms with Gasteiger partial charge in [-0.1, -0.05) is 0 Å². The molecule has 208 valence electrons. The van der Waals surface area contributed by atoms with Crippen LogP contribution in [0.5, 0.6) is 0 Å². The summed E-state index contributed by atoms with van der Waals surface area (Å²) in [5.41, 5.74) is -1.55. The summed E-state index contributed by atoms with van der Waals surface area (Å²) in [6.45, 7) is -1.33. The monoisotopic (exact) mass is 562 g/mol. The first-order chi connectivity index (χ1) is 17.0. The molecular weight excluding hydrogens is 530 g/mol. The molecule has 1 saturated heterocycles. The number of phosphoric acid groups is 2. The number of aliphatic hydroxyl groups is 2. The van der Waals surface area contributed by atoms with Gasteiger partial charge in [0.2, 0.25) is 0 Å². The third kappa shape index (κ3) is 9.56. The molecule has 6 atom stereocenters. The van der Waals surface area contributed by atoms with E-state index in [1.54, 1.807) is 0 Å². The number of nitrogens with one attached hydrogen (secondary N) is 1. The molecule has 0 aliphatic carbocycles. The van der Waals surface area contributed by atoms with Gasteiger partial charge in [0.15, 0.2) is 6.23 Å². The number of nitrogens with zero attached hydrogens (tertiary/aromatic N) is 1. The SMILES string of the molecule is CO[C@H]1C(OP(=O)(O)OCCCCO)[C@@H](COP(=O)(O)OCCCCO)O[C@H]1n1ccc(=O)[nH]c1=O. The van der Waals surface area contributed by atoms with Crippen molar-refractivity contribution in [2.24, 2.45) is 0 Å². The number of aliphatic hydroxyl groups excluding tert-OH is 2. The van der Waals surface area contributed by atoms with Crippen LogP contribution in [0.1, 0.15) is 31.9 Å². The Morgan fingerprint density at radius 3 is 2.14 bits per heavy atom. The highest BCUT2D eigenvalue weighted by atomic mass is 31.2. The molecule has 0 aromatic carbocycles. The van der Waals surface area contributed by atoms with Crippen molar-refractivity contribution in [1.29, 1.82) is 0 Å². The number of aromatic nitrogens is 2. The van der Waals surface area contributed by atoms with Crippen LogP contribution in [0.2, 0.25) is 0 Å². The summed E-state index contributed by atoms with van der Waals surface area (Å²) < 4.78 is 56.7. The number of phosphoric ester groups is 2. The quantitative estimate of drug-likeness (QED) is 0.121. The largest absolute Gasteiger partial charge is 0.472 e. The van der Waals surface area contributed by atoms with E-state index in [2.05, 4.69) is 0 Å². The number of H-pyrrole nitrogens is 1. The van der Waals surface area contributed by atoms with Crippen LogP contribution in [0.4, 0.5) is 0 Å². The molecular formula is C18H32N2O14P2. The van der Waals surface area contributed by atoms with Crippen LogP contribution < -0.4 is 11.2 Å². The topological polar surface area (TPSA) is 225 Å². The zero-order chi connectivity index (χ0) is 26.8. The number of hydrogen-bond donors (Lipinski definition) is 5. The lowest BCUT2D eigenvalue weighted by Gasteiger charge is -2.25. The van der Waals surface area contributed by atoms with Crippen LogP contribution in [0, 0.1) is 0 Å². The molecule has 0 amide bonds. The van der Waals surface area contributed by atoms with Crippen molar-refractivity contribution in [2.75, 3.05) is 40.1 Å². The van der Waals surface area contributed by atoms with E-state index in [9.17, 15) is 28.5 Å². The molecule has 2 heterocycles. The minimum Gasteiger partial charge on any atom is -0.396 e. The summed E-state index contributed by atoms with van der Waals surface area (Å²) in [5.74, 6) is 0. The Hall–Kier alpha value is -1.26. The Morgan fingerprint density at radius 1 is 0.972 bits per heavy atom. The van der Waals surface area contributed by atoms with E-state index < -0.39 is 58.0 Å². The van der Waals surface area contributed by atoms with Crippen molar-refractivity contribution >= 4 is 15.6 Å². The van der Waals surface area contributed by atoms with E-state index in [0.29, 0.717) is 19.3 Å². The number of methoxy groups -OCH3 is 1. The molecule has 1 aromatic heterocycles. The molecule has 3 unspecified atom stereocenters. The number of rotatable bonds is 17. The van der Waals surface area contributed by atoms with Crippen LogP contribution in [0.25, 0.3) is 0 Å².